The minimum absolute atomic E-state index is 0.0451. The van der Waals surface area contributed by atoms with Crippen LogP contribution in [-0.4, -0.2) is 66.6 Å². The third-order valence-electron chi connectivity index (χ3n) is 3.20. The van der Waals surface area contributed by atoms with Gasteiger partial charge in [0.1, 0.15) is 0 Å². The maximum Gasteiger partial charge on any atom is 0.409 e. The number of rotatable bonds is 6. The third-order valence-corrected chi connectivity index (χ3v) is 3.20. The molecule has 7 nitrogen and oxygen atoms in total. The van der Waals surface area contributed by atoms with Gasteiger partial charge in [-0.25, -0.2) is 4.79 Å². The molecule has 0 aromatic heterocycles. The Kier molecular flexibility index (Phi) is 6.58. The van der Waals surface area contributed by atoms with Crippen molar-refractivity contribution in [3.8, 4) is 0 Å². The number of nitrogens with one attached hydrogen (secondary N) is 1. The van der Waals surface area contributed by atoms with Crippen LogP contribution in [0.3, 0.4) is 0 Å². The second-order valence-electron chi connectivity index (χ2n) is 4.80. The number of ether oxygens (including phenoxy) is 1. The van der Waals surface area contributed by atoms with E-state index in [4.69, 9.17) is 10.2 Å². The Hall–Kier alpha value is -1.34. The number of amides is 1. The number of piperidine rings is 1. The van der Waals surface area contributed by atoms with Gasteiger partial charge in [-0.3, -0.25) is 4.79 Å². The van der Waals surface area contributed by atoms with E-state index in [2.05, 4.69) is 10.1 Å². The zero-order valence-corrected chi connectivity index (χ0v) is 11.2. The summed E-state index contributed by atoms with van der Waals surface area (Å²) in [6.45, 7) is 1.68. The van der Waals surface area contributed by atoms with E-state index < -0.39 is 12.1 Å². The maximum absolute atomic E-state index is 11.6. The van der Waals surface area contributed by atoms with Crippen LogP contribution in [0.15, 0.2) is 0 Å². The lowest BCUT2D eigenvalue weighted by molar-refractivity contribution is -0.138. The number of likely N-dealkylation sites (tertiary alicyclic amines) is 1. The number of nitrogens with zero attached hydrogens (tertiary/aromatic N) is 1. The lowest BCUT2D eigenvalue weighted by atomic mass is 9.91. The number of carboxylic acids is 1. The molecule has 1 rings (SSSR count). The Balaban J connectivity index is 2.55. The summed E-state index contributed by atoms with van der Waals surface area (Å²) in [5.41, 5.74) is 0. The van der Waals surface area contributed by atoms with Gasteiger partial charge in [0.15, 0.2) is 0 Å². The molecule has 110 valence electrons. The number of carbonyl (C=O) groups is 2. The summed E-state index contributed by atoms with van der Waals surface area (Å²) in [5, 5.41) is 20.8. The predicted molar refractivity (Wildman–Crippen MR) is 67.8 cm³/mol. The number of aliphatic hydroxyl groups is 1. The Morgan fingerprint density at radius 3 is 2.74 bits per heavy atom. The van der Waals surface area contributed by atoms with Gasteiger partial charge in [0.05, 0.1) is 7.11 Å². The quantitative estimate of drug-likeness (QED) is 0.584. The molecule has 0 spiro atoms. The zero-order chi connectivity index (χ0) is 14.3. The topological polar surface area (TPSA) is 99.1 Å². The van der Waals surface area contributed by atoms with E-state index in [1.807, 2.05) is 0 Å². The minimum atomic E-state index is -0.856. The average Bonchev–Trinajstić information content (AvgIpc) is 2.37. The van der Waals surface area contributed by atoms with Crippen LogP contribution in [0.1, 0.15) is 19.3 Å². The summed E-state index contributed by atoms with van der Waals surface area (Å²) in [6, 6.07) is 0.0451. The smallest absolute Gasteiger partial charge is 0.409 e. The Labute approximate surface area is 112 Å². The summed E-state index contributed by atoms with van der Waals surface area (Å²) in [5.74, 6) is -0.928. The van der Waals surface area contributed by atoms with Gasteiger partial charge in [-0.1, -0.05) is 0 Å². The summed E-state index contributed by atoms with van der Waals surface area (Å²) >= 11 is 0. The molecule has 7 heteroatoms. The van der Waals surface area contributed by atoms with Crippen molar-refractivity contribution >= 4 is 12.1 Å². The largest absolute Gasteiger partial charge is 0.481 e. The van der Waals surface area contributed by atoms with Gasteiger partial charge in [0.25, 0.3) is 0 Å². The van der Waals surface area contributed by atoms with Crippen molar-refractivity contribution in [2.45, 2.75) is 25.3 Å². The van der Waals surface area contributed by atoms with E-state index >= 15 is 0 Å². The normalized spacial score (nSPS) is 23.2. The first-order valence-corrected chi connectivity index (χ1v) is 6.45. The van der Waals surface area contributed by atoms with Crippen LogP contribution < -0.4 is 5.32 Å². The molecule has 2 unspecified atom stereocenters. The van der Waals surface area contributed by atoms with Crippen LogP contribution in [0, 0.1) is 5.92 Å². The van der Waals surface area contributed by atoms with Crippen molar-refractivity contribution in [1.82, 2.24) is 10.2 Å². The predicted octanol–water partition coefficient (Wildman–Crippen LogP) is -0.110. The fraction of sp³-hybridized carbons (Fsp3) is 0.833. The van der Waals surface area contributed by atoms with Gasteiger partial charge < -0.3 is 25.2 Å². The summed E-state index contributed by atoms with van der Waals surface area (Å²) < 4.78 is 4.69. The van der Waals surface area contributed by atoms with Crippen LogP contribution >= 0.6 is 0 Å². The molecule has 0 aromatic rings. The van der Waals surface area contributed by atoms with E-state index in [0.717, 1.165) is 0 Å². The molecule has 0 bridgehead atoms. The Morgan fingerprint density at radius 1 is 1.42 bits per heavy atom. The van der Waals surface area contributed by atoms with Gasteiger partial charge in [-0.05, 0) is 25.3 Å². The highest BCUT2D eigenvalue weighted by molar-refractivity contribution is 5.69. The van der Waals surface area contributed by atoms with Crippen molar-refractivity contribution in [3.63, 3.8) is 0 Å². The van der Waals surface area contributed by atoms with Crippen molar-refractivity contribution in [1.29, 1.82) is 0 Å². The van der Waals surface area contributed by atoms with Crippen LogP contribution in [0.4, 0.5) is 4.79 Å². The molecule has 2 atom stereocenters. The van der Waals surface area contributed by atoms with Crippen LogP contribution in [0.5, 0.6) is 0 Å². The molecule has 3 N–H and O–H groups in total. The molecule has 1 aliphatic heterocycles. The minimum Gasteiger partial charge on any atom is -0.481 e. The van der Waals surface area contributed by atoms with E-state index in [-0.39, 0.29) is 25.0 Å². The van der Waals surface area contributed by atoms with E-state index in [1.165, 1.54) is 12.0 Å². The van der Waals surface area contributed by atoms with E-state index in [0.29, 0.717) is 32.5 Å². The maximum atomic E-state index is 11.6. The van der Waals surface area contributed by atoms with Gasteiger partial charge >= 0.3 is 12.1 Å². The van der Waals surface area contributed by atoms with Crippen LogP contribution in [0.25, 0.3) is 0 Å². The van der Waals surface area contributed by atoms with Gasteiger partial charge in [-0.15, -0.1) is 0 Å². The lowest BCUT2D eigenvalue weighted by Gasteiger charge is -2.36. The Bertz CT molecular complexity index is 310. The van der Waals surface area contributed by atoms with Crippen molar-refractivity contribution < 1.29 is 24.5 Å². The fourth-order valence-electron chi connectivity index (χ4n) is 2.41. The number of carbonyl (C=O) groups excluding carboxylic acids is 1. The highest BCUT2D eigenvalue weighted by Gasteiger charge is 2.31. The molecular weight excluding hydrogens is 252 g/mol. The summed E-state index contributed by atoms with van der Waals surface area (Å²) in [7, 11) is 1.32. The van der Waals surface area contributed by atoms with Crippen LogP contribution in [0.2, 0.25) is 0 Å². The van der Waals surface area contributed by atoms with Crippen molar-refractivity contribution in [3.05, 3.63) is 0 Å². The first kappa shape index (κ1) is 15.7. The number of aliphatic carboxylic acids is 1. The monoisotopic (exact) mass is 274 g/mol. The molecule has 0 saturated carbocycles. The van der Waals surface area contributed by atoms with Crippen LogP contribution in [-0.2, 0) is 9.53 Å². The molecule has 1 aliphatic rings. The van der Waals surface area contributed by atoms with E-state index in [1.54, 1.807) is 0 Å². The first-order chi connectivity index (χ1) is 9.06. The molecule has 0 aliphatic carbocycles. The standard InChI is InChI=1S/C12H22N2O5/c1-19-12(18)14-7-9(6-11(16)17)5-10(8-14)13-3-2-4-15/h9-10,13,15H,2-8H2,1H3,(H,16,17). The Morgan fingerprint density at radius 2 is 2.16 bits per heavy atom. The molecule has 1 amide bonds. The summed E-state index contributed by atoms with van der Waals surface area (Å²) in [4.78, 5) is 23.9. The van der Waals surface area contributed by atoms with Gasteiger partial charge in [-0.2, -0.15) is 0 Å². The average molecular weight is 274 g/mol. The highest BCUT2D eigenvalue weighted by atomic mass is 16.5. The molecule has 19 heavy (non-hydrogen) atoms. The highest BCUT2D eigenvalue weighted by Crippen LogP contribution is 2.20. The van der Waals surface area contributed by atoms with Gasteiger partial charge in [0.2, 0.25) is 0 Å². The molecule has 0 radical (unpaired) electrons. The third kappa shape index (κ3) is 5.44. The van der Waals surface area contributed by atoms with E-state index in [9.17, 15) is 9.59 Å². The second kappa shape index (κ2) is 7.96. The number of aliphatic hydroxyl groups excluding tert-OH is 1. The number of methoxy groups -OCH3 is 1. The zero-order valence-electron chi connectivity index (χ0n) is 11.2. The second-order valence-corrected chi connectivity index (χ2v) is 4.80. The molecule has 1 fully saturated rings. The summed E-state index contributed by atoms with van der Waals surface area (Å²) in [6.07, 6.45) is 0.971. The fourth-order valence-corrected chi connectivity index (χ4v) is 2.41. The van der Waals surface area contributed by atoms with Gasteiger partial charge in [0, 0.05) is 32.2 Å². The number of hydrogen-bond donors (Lipinski definition) is 3. The SMILES string of the molecule is COC(=O)N1CC(CC(=O)O)CC(NCCCO)C1. The first-order valence-electron chi connectivity index (χ1n) is 6.45. The molecule has 1 saturated heterocycles. The molecule has 0 aromatic carbocycles. The number of carboxylic acid groups (broad SMARTS) is 1. The molecule has 1 heterocycles. The lowest BCUT2D eigenvalue weighted by Crippen LogP contribution is -2.51. The van der Waals surface area contributed by atoms with Crippen molar-refractivity contribution in [2.24, 2.45) is 5.92 Å². The molecular formula is C12H22N2O5. The van der Waals surface area contributed by atoms with Crippen molar-refractivity contribution in [2.75, 3.05) is 33.4 Å². The number of hydrogen-bond acceptors (Lipinski definition) is 5.